The molecule has 0 atom stereocenters. The van der Waals surface area contributed by atoms with Crippen molar-refractivity contribution in [2.24, 2.45) is 0 Å². The lowest BCUT2D eigenvalue weighted by Crippen LogP contribution is -2.49. The Hall–Kier alpha value is -2.42. The molecule has 1 fully saturated rings. The first-order valence-corrected chi connectivity index (χ1v) is 13.1. The number of benzene rings is 2. The molecule has 6 rings (SSSR count). The number of hydrogen-bond acceptors (Lipinski definition) is 6. The van der Waals surface area contributed by atoms with Crippen LogP contribution in [0.5, 0.6) is 0 Å². The molecule has 1 aromatic heterocycles. The number of sulfone groups is 1. The largest absolute Gasteiger partial charge is 0.341 e. The van der Waals surface area contributed by atoms with Crippen LogP contribution < -0.4 is 10.2 Å². The van der Waals surface area contributed by atoms with Gasteiger partial charge in [-0.2, -0.15) is 0 Å². The van der Waals surface area contributed by atoms with Gasteiger partial charge in [0.15, 0.2) is 15.7 Å². The second-order valence-electron chi connectivity index (χ2n) is 9.08. The van der Waals surface area contributed by atoms with Gasteiger partial charge in [-0.05, 0) is 47.7 Å². The molecular formula is C23H24ClN5O2S. The lowest BCUT2D eigenvalue weighted by molar-refractivity contribution is 0.353. The van der Waals surface area contributed by atoms with Crippen LogP contribution in [0.2, 0.25) is 5.02 Å². The maximum Gasteiger partial charge on any atom is 0.231 e. The van der Waals surface area contributed by atoms with Crippen LogP contribution in [0, 0.1) is 0 Å². The van der Waals surface area contributed by atoms with Gasteiger partial charge < -0.3 is 10.2 Å². The predicted molar refractivity (Wildman–Crippen MR) is 124 cm³/mol. The molecule has 3 aromatic rings. The van der Waals surface area contributed by atoms with E-state index in [1.807, 2.05) is 36.4 Å². The summed E-state index contributed by atoms with van der Waals surface area (Å²) in [5.41, 5.74) is 4.00. The second kappa shape index (κ2) is 7.30. The van der Waals surface area contributed by atoms with Crippen LogP contribution in [-0.4, -0.2) is 42.0 Å². The Balaban J connectivity index is 1.35. The number of piperidine rings is 1. The Labute approximate surface area is 192 Å². The molecule has 0 radical (unpaired) electrons. The Morgan fingerprint density at radius 1 is 1.00 bits per heavy atom. The van der Waals surface area contributed by atoms with Gasteiger partial charge in [-0.25, -0.2) is 8.42 Å². The van der Waals surface area contributed by atoms with E-state index in [4.69, 9.17) is 11.6 Å². The maximum atomic E-state index is 12.7. The van der Waals surface area contributed by atoms with Gasteiger partial charge in [0.25, 0.3) is 0 Å². The third-order valence-electron chi connectivity index (χ3n) is 7.06. The van der Waals surface area contributed by atoms with Crippen molar-refractivity contribution in [3.05, 3.63) is 70.0 Å². The van der Waals surface area contributed by atoms with E-state index in [1.165, 1.54) is 5.56 Å². The smallest absolute Gasteiger partial charge is 0.231 e. The molecule has 3 aliphatic rings. The fourth-order valence-electron chi connectivity index (χ4n) is 5.59. The summed E-state index contributed by atoms with van der Waals surface area (Å²) < 4.78 is 27.6. The summed E-state index contributed by atoms with van der Waals surface area (Å²) in [6.45, 7) is 2.82. The van der Waals surface area contributed by atoms with Crippen LogP contribution in [0.4, 0.5) is 5.95 Å². The number of fused-ring (bicyclic) bond motifs is 5. The summed E-state index contributed by atoms with van der Waals surface area (Å²) in [6, 6.07) is 14.0. The van der Waals surface area contributed by atoms with Crippen molar-refractivity contribution in [1.82, 2.24) is 20.1 Å². The molecule has 32 heavy (non-hydrogen) atoms. The number of anilines is 1. The van der Waals surface area contributed by atoms with Crippen molar-refractivity contribution in [3.8, 4) is 5.69 Å². The van der Waals surface area contributed by atoms with Crippen molar-refractivity contribution in [2.75, 3.05) is 23.7 Å². The monoisotopic (exact) mass is 469 g/mol. The first-order valence-electron chi connectivity index (χ1n) is 10.9. The summed E-state index contributed by atoms with van der Waals surface area (Å²) >= 11 is 6.24. The van der Waals surface area contributed by atoms with Crippen molar-refractivity contribution in [2.45, 2.75) is 37.1 Å². The quantitative estimate of drug-likeness (QED) is 0.590. The van der Waals surface area contributed by atoms with Gasteiger partial charge in [0.05, 0.1) is 23.7 Å². The Morgan fingerprint density at radius 2 is 1.81 bits per heavy atom. The number of aromatic nitrogens is 3. The molecule has 4 heterocycles. The zero-order chi connectivity index (χ0) is 21.9. The van der Waals surface area contributed by atoms with E-state index in [0.29, 0.717) is 11.6 Å². The first kappa shape index (κ1) is 20.2. The highest BCUT2D eigenvalue weighted by atomic mass is 35.5. The zero-order valence-electron chi connectivity index (χ0n) is 17.6. The van der Waals surface area contributed by atoms with E-state index in [0.717, 1.165) is 61.1 Å². The van der Waals surface area contributed by atoms with Crippen molar-refractivity contribution < 1.29 is 8.42 Å². The van der Waals surface area contributed by atoms with Crippen LogP contribution in [0.3, 0.4) is 0 Å². The van der Waals surface area contributed by atoms with Gasteiger partial charge in [0.1, 0.15) is 0 Å². The third-order valence-corrected chi connectivity index (χ3v) is 9.04. The molecule has 1 N–H and O–H groups in total. The van der Waals surface area contributed by atoms with E-state index in [-0.39, 0.29) is 16.9 Å². The third kappa shape index (κ3) is 3.24. The maximum absolute atomic E-state index is 12.7. The number of nitrogens with zero attached hydrogens (tertiary/aromatic N) is 4. The molecule has 0 amide bonds. The molecule has 3 aliphatic heterocycles. The van der Waals surface area contributed by atoms with E-state index in [1.54, 1.807) is 0 Å². The molecule has 0 saturated carbocycles. The average molecular weight is 470 g/mol. The Kier molecular flexibility index (Phi) is 4.61. The van der Waals surface area contributed by atoms with E-state index >= 15 is 0 Å². The molecule has 1 spiro atoms. The average Bonchev–Trinajstić information content (AvgIpc) is 3.09. The van der Waals surface area contributed by atoms with Gasteiger partial charge in [-0.1, -0.05) is 35.9 Å². The molecule has 0 bridgehead atoms. The normalized spacial score (nSPS) is 20.8. The summed E-state index contributed by atoms with van der Waals surface area (Å²) in [5, 5.41) is 13.1. The molecule has 1 saturated heterocycles. The number of nitrogens with one attached hydrogen (secondary N) is 1. The predicted octanol–water partition coefficient (Wildman–Crippen LogP) is 2.99. The highest BCUT2D eigenvalue weighted by Gasteiger charge is 2.45. The van der Waals surface area contributed by atoms with Crippen LogP contribution in [-0.2, 0) is 34.1 Å². The van der Waals surface area contributed by atoms with E-state index in [9.17, 15) is 8.42 Å². The molecule has 7 nitrogen and oxygen atoms in total. The summed E-state index contributed by atoms with van der Waals surface area (Å²) in [7, 11) is -3.11. The number of halogens is 1. The first-order chi connectivity index (χ1) is 15.4. The van der Waals surface area contributed by atoms with Crippen molar-refractivity contribution in [3.63, 3.8) is 0 Å². The SMILES string of the molecule is O=S1(=O)Cc2ccccc2C2(CCN(c3nnc4n3-c3ccc(Cl)cc3CNC4)CC2)C1. The molecular weight excluding hydrogens is 446 g/mol. The lowest BCUT2D eigenvalue weighted by atomic mass is 9.72. The molecule has 0 aliphatic carbocycles. The standard InChI is InChI=1S/C23H24ClN5O2S/c24-18-5-6-20-17(11-18)12-25-13-21-26-27-22(29(20)21)28-9-7-23(8-10-28)15-32(30,31)14-16-3-1-2-4-19(16)23/h1-6,11,25H,7-10,12-15H2. The van der Waals surface area contributed by atoms with Crippen LogP contribution in [0.15, 0.2) is 42.5 Å². The topological polar surface area (TPSA) is 80.1 Å². The minimum absolute atomic E-state index is 0.151. The molecule has 166 valence electrons. The summed E-state index contributed by atoms with van der Waals surface area (Å²) in [4.78, 5) is 2.25. The van der Waals surface area contributed by atoms with E-state index in [2.05, 4.69) is 31.0 Å². The van der Waals surface area contributed by atoms with Gasteiger partial charge in [0, 0.05) is 30.1 Å². The second-order valence-corrected chi connectivity index (χ2v) is 11.6. The van der Waals surface area contributed by atoms with Gasteiger partial charge in [-0.15, -0.1) is 10.2 Å². The minimum atomic E-state index is -3.11. The fourth-order valence-corrected chi connectivity index (χ4v) is 7.90. The Morgan fingerprint density at radius 3 is 2.66 bits per heavy atom. The lowest BCUT2D eigenvalue weighted by Gasteiger charge is -2.45. The highest BCUT2D eigenvalue weighted by molar-refractivity contribution is 7.90. The van der Waals surface area contributed by atoms with Crippen molar-refractivity contribution in [1.29, 1.82) is 0 Å². The van der Waals surface area contributed by atoms with Gasteiger partial charge in [-0.3, -0.25) is 4.57 Å². The Bertz CT molecular complexity index is 1310. The zero-order valence-corrected chi connectivity index (χ0v) is 19.2. The molecule has 2 aromatic carbocycles. The fraction of sp³-hybridized carbons (Fsp3) is 0.391. The van der Waals surface area contributed by atoms with Crippen LogP contribution in [0.1, 0.15) is 35.4 Å². The van der Waals surface area contributed by atoms with Gasteiger partial charge in [0.2, 0.25) is 5.95 Å². The van der Waals surface area contributed by atoms with Crippen molar-refractivity contribution >= 4 is 27.4 Å². The van der Waals surface area contributed by atoms with E-state index < -0.39 is 9.84 Å². The minimum Gasteiger partial charge on any atom is -0.341 e. The molecule has 9 heteroatoms. The molecule has 0 unspecified atom stereocenters. The van der Waals surface area contributed by atoms with Crippen LogP contribution >= 0.6 is 11.6 Å². The summed E-state index contributed by atoms with van der Waals surface area (Å²) in [6.07, 6.45) is 1.55. The number of rotatable bonds is 1. The highest BCUT2D eigenvalue weighted by Crippen LogP contribution is 2.43. The number of hydrogen-bond donors (Lipinski definition) is 1. The van der Waals surface area contributed by atoms with Gasteiger partial charge >= 0.3 is 0 Å². The van der Waals surface area contributed by atoms with Crippen LogP contribution in [0.25, 0.3) is 5.69 Å². The summed E-state index contributed by atoms with van der Waals surface area (Å²) in [5.74, 6) is 2.06.